The summed E-state index contributed by atoms with van der Waals surface area (Å²) in [5.41, 5.74) is 1.18. The van der Waals surface area contributed by atoms with Gasteiger partial charge < -0.3 is 9.80 Å². The molecule has 1 aromatic rings. The molecule has 1 rings (SSSR count). The zero-order valence-corrected chi connectivity index (χ0v) is 11.2. The highest BCUT2D eigenvalue weighted by Gasteiger charge is 2.00. The fourth-order valence-electron chi connectivity index (χ4n) is 1.33. The number of hydrogen-bond acceptors (Lipinski definition) is 3. The van der Waals surface area contributed by atoms with Gasteiger partial charge in [-0.3, -0.25) is 4.98 Å². The third kappa shape index (κ3) is 6.77. The normalized spacial score (nSPS) is 10.6. The van der Waals surface area contributed by atoms with Gasteiger partial charge in [-0.1, -0.05) is 6.07 Å². The molecule has 0 atom stereocenters. The van der Waals surface area contributed by atoms with E-state index in [4.69, 9.17) is 0 Å². The molecule has 0 N–H and O–H groups in total. The van der Waals surface area contributed by atoms with E-state index in [9.17, 15) is 0 Å². The Labute approximate surface area is 105 Å². The lowest BCUT2D eigenvalue weighted by Gasteiger charge is -2.18. The molecule has 0 aliphatic carbocycles. The number of hydrogen-bond donors (Lipinski definition) is 0. The summed E-state index contributed by atoms with van der Waals surface area (Å²) in [5, 5.41) is 0. The van der Waals surface area contributed by atoms with Crippen LogP contribution in [0.15, 0.2) is 24.4 Å². The maximum absolute atomic E-state index is 4.31. The average molecular weight is 244 g/mol. The van der Waals surface area contributed by atoms with Crippen LogP contribution >= 0.6 is 12.4 Å². The smallest absolute Gasteiger partial charge is 0.0416 e. The molecule has 0 spiro atoms. The second-order valence-corrected chi connectivity index (χ2v) is 4.18. The summed E-state index contributed by atoms with van der Waals surface area (Å²) in [4.78, 5) is 8.86. The second kappa shape index (κ2) is 8.50. The van der Waals surface area contributed by atoms with Gasteiger partial charge in [0.15, 0.2) is 0 Å². The van der Waals surface area contributed by atoms with Gasteiger partial charge >= 0.3 is 0 Å². The lowest BCUT2D eigenvalue weighted by Crippen LogP contribution is -2.30. The summed E-state index contributed by atoms with van der Waals surface area (Å²) in [5.74, 6) is 0. The van der Waals surface area contributed by atoms with E-state index in [0.29, 0.717) is 0 Å². The number of rotatable bonds is 6. The van der Waals surface area contributed by atoms with E-state index in [1.807, 2.05) is 18.3 Å². The summed E-state index contributed by atoms with van der Waals surface area (Å²) >= 11 is 0. The highest BCUT2D eigenvalue weighted by atomic mass is 35.5. The van der Waals surface area contributed by atoms with Crippen molar-refractivity contribution in [2.75, 3.05) is 40.8 Å². The van der Waals surface area contributed by atoms with E-state index in [1.165, 1.54) is 5.69 Å². The predicted octanol–water partition coefficient (Wildman–Crippen LogP) is 1.54. The van der Waals surface area contributed by atoms with Crippen LogP contribution < -0.4 is 0 Å². The van der Waals surface area contributed by atoms with Crippen molar-refractivity contribution >= 4 is 12.4 Å². The third-order valence-corrected chi connectivity index (χ3v) is 2.40. The van der Waals surface area contributed by atoms with E-state index < -0.39 is 0 Å². The molecule has 0 aliphatic heterocycles. The topological polar surface area (TPSA) is 19.4 Å². The highest BCUT2D eigenvalue weighted by Crippen LogP contribution is 1.96. The molecule has 1 aromatic heterocycles. The Morgan fingerprint density at radius 1 is 1.06 bits per heavy atom. The monoisotopic (exact) mass is 243 g/mol. The molecule has 0 bridgehead atoms. The molecule has 0 radical (unpaired) electrons. The molecular formula is C12H22ClN3. The molecule has 3 nitrogen and oxygen atoms in total. The van der Waals surface area contributed by atoms with Gasteiger partial charge in [0, 0.05) is 37.9 Å². The minimum Gasteiger partial charge on any atom is -0.308 e. The predicted molar refractivity (Wildman–Crippen MR) is 71.2 cm³/mol. The largest absolute Gasteiger partial charge is 0.308 e. The Balaban J connectivity index is 0.00000225. The van der Waals surface area contributed by atoms with Gasteiger partial charge in [0.2, 0.25) is 0 Å². The van der Waals surface area contributed by atoms with Crippen LogP contribution in [0.25, 0.3) is 0 Å². The van der Waals surface area contributed by atoms with Crippen molar-refractivity contribution in [3.63, 3.8) is 0 Å². The molecule has 0 saturated heterocycles. The standard InChI is InChI=1S/C12H21N3.ClH/c1-14(2)10-11-15(3)9-7-12-6-4-5-8-13-12;/h4-6,8H,7,9-11H2,1-3H3;1H. The summed E-state index contributed by atoms with van der Waals surface area (Å²) in [6.45, 7) is 3.30. The molecule has 0 aromatic carbocycles. The Hall–Kier alpha value is -0.640. The molecule has 0 saturated carbocycles. The first-order valence-corrected chi connectivity index (χ1v) is 5.41. The van der Waals surface area contributed by atoms with Crippen LogP contribution in [0.1, 0.15) is 5.69 Å². The fraction of sp³-hybridized carbons (Fsp3) is 0.583. The average Bonchev–Trinajstić information content (AvgIpc) is 2.25. The number of nitrogens with zero attached hydrogens (tertiary/aromatic N) is 3. The first-order chi connectivity index (χ1) is 7.18. The van der Waals surface area contributed by atoms with E-state index in [1.54, 1.807) is 0 Å². The van der Waals surface area contributed by atoms with Gasteiger partial charge in [0.1, 0.15) is 0 Å². The molecule has 0 fully saturated rings. The van der Waals surface area contributed by atoms with Gasteiger partial charge in [0.05, 0.1) is 0 Å². The van der Waals surface area contributed by atoms with Gasteiger partial charge in [-0.25, -0.2) is 0 Å². The van der Waals surface area contributed by atoms with Crippen LogP contribution in [0.2, 0.25) is 0 Å². The summed E-state index contributed by atoms with van der Waals surface area (Å²) in [6.07, 6.45) is 2.89. The quantitative estimate of drug-likeness (QED) is 0.756. The first kappa shape index (κ1) is 15.4. The molecule has 4 heteroatoms. The zero-order valence-electron chi connectivity index (χ0n) is 10.4. The SMILES string of the molecule is CN(C)CCN(C)CCc1ccccn1.Cl. The van der Waals surface area contributed by atoms with E-state index in [0.717, 1.165) is 26.1 Å². The molecule has 0 amide bonds. The van der Waals surface area contributed by atoms with Crippen molar-refractivity contribution in [1.82, 2.24) is 14.8 Å². The van der Waals surface area contributed by atoms with Crippen LogP contribution in [0.4, 0.5) is 0 Å². The lowest BCUT2D eigenvalue weighted by molar-refractivity contribution is 0.284. The van der Waals surface area contributed by atoms with Crippen LogP contribution in [0.5, 0.6) is 0 Å². The van der Waals surface area contributed by atoms with Crippen LogP contribution in [-0.2, 0) is 6.42 Å². The number of aromatic nitrogens is 1. The van der Waals surface area contributed by atoms with Crippen LogP contribution in [0.3, 0.4) is 0 Å². The molecule has 0 aliphatic rings. The van der Waals surface area contributed by atoms with Crippen LogP contribution in [0, 0.1) is 0 Å². The zero-order chi connectivity index (χ0) is 11.1. The minimum atomic E-state index is 0. The van der Waals surface area contributed by atoms with E-state index >= 15 is 0 Å². The Kier molecular flexibility index (Phi) is 8.16. The fourth-order valence-corrected chi connectivity index (χ4v) is 1.33. The summed E-state index contributed by atoms with van der Waals surface area (Å²) in [7, 11) is 6.37. The third-order valence-electron chi connectivity index (χ3n) is 2.40. The number of halogens is 1. The summed E-state index contributed by atoms with van der Waals surface area (Å²) in [6, 6.07) is 6.08. The van der Waals surface area contributed by atoms with Gasteiger partial charge in [-0.05, 0) is 33.3 Å². The van der Waals surface area contributed by atoms with E-state index in [-0.39, 0.29) is 12.4 Å². The molecule has 0 unspecified atom stereocenters. The highest BCUT2D eigenvalue weighted by molar-refractivity contribution is 5.85. The Morgan fingerprint density at radius 3 is 2.38 bits per heavy atom. The molecule has 92 valence electrons. The van der Waals surface area contributed by atoms with Crippen LogP contribution in [-0.4, -0.2) is 55.6 Å². The lowest BCUT2D eigenvalue weighted by atomic mass is 10.2. The minimum absolute atomic E-state index is 0. The number of pyridine rings is 1. The van der Waals surface area contributed by atoms with Crippen molar-refractivity contribution in [3.8, 4) is 0 Å². The van der Waals surface area contributed by atoms with Gasteiger partial charge in [-0.15, -0.1) is 12.4 Å². The second-order valence-electron chi connectivity index (χ2n) is 4.18. The van der Waals surface area contributed by atoms with Crippen molar-refractivity contribution in [1.29, 1.82) is 0 Å². The van der Waals surface area contributed by atoms with Crippen molar-refractivity contribution in [3.05, 3.63) is 30.1 Å². The maximum Gasteiger partial charge on any atom is 0.0416 e. The first-order valence-electron chi connectivity index (χ1n) is 5.41. The Morgan fingerprint density at radius 2 is 1.81 bits per heavy atom. The van der Waals surface area contributed by atoms with Crippen molar-refractivity contribution in [2.45, 2.75) is 6.42 Å². The van der Waals surface area contributed by atoms with Gasteiger partial charge in [-0.2, -0.15) is 0 Å². The summed E-state index contributed by atoms with van der Waals surface area (Å²) < 4.78 is 0. The molecule has 16 heavy (non-hydrogen) atoms. The molecular weight excluding hydrogens is 222 g/mol. The van der Waals surface area contributed by atoms with Crippen molar-refractivity contribution < 1.29 is 0 Å². The van der Waals surface area contributed by atoms with Gasteiger partial charge in [0.25, 0.3) is 0 Å². The van der Waals surface area contributed by atoms with Crippen molar-refractivity contribution in [2.24, 2.45) is 0 Å². The number of likely N-dealkylation sites (N-methyl/N-ethyl adjacent to an activating group) is 2. The maximum atomic E-state index is 4.31. The van der Waals surface area contributed by atoms with E-state index in [2.05, 4.69) is 42.0 Å². The molecule has 1 heterocycles. The Bertz CT molecular complexity index is 264.